The second-order valence-corrected chi connectivity index (χ2v) is 4.81. The lowest BCUT2D eigenvalue weighted by Crippen LogP contribution is -2.04. The van der Waals surface area contributed by atoms with E-state index in [0.29, 0.717) is 28.2 Å². The molecule has 3 aromatic rings. The van der Waals surface area contributed by atoms with Crippen molar-refractivity contribution in [2.45, 2.75) is 5.16 Å². The molecule has 0 aliphatic heterocycles. The summed E-state index contributed by atoms with van der Waals surface area (Å²) >= 11 is 4.41. The van der Waals surface area contributed by atoms with Crippen LogP contribution in [0.1, 0.15) is 0 Å². The number of rotatable bonds is 4. The number of hydrogen-bond acceptors (Lipinski definition) is 6. The number of benzene rings is 1. The van der Waals surface area contributed by atoms with Crippen molar-refractivity contribution < 1.29 is 9.47 Å². The lowest BCUT2D eigenvalue weighted by Gasteiger charge is -2.15. The van der Waals surface area contributed by atoms with Gasteiger partial charge in [0.2, 0.25) is 0 Å². The van der Waals surface area contributed by atoms with E-state index in [4.69, 9.17) is 9.47 Å². The van der Waals surface area contributed by atoms with Crippen molar-refractivity contribution in [1.82, 2.24) is 19.7 Å². The van der Waals surface area contributed by atoms with Crippen molar-refractivity contribution in [1.29, 1.82) is 0 Å². The number of thiol groups is 1. The van der Waals surface area contributed by atoms with E-state index >= 15 is 0 Å². The zero-order chi connectivity index (χ0) is 15.5. The van der Waals surface area contributed by atoms with Gasteiger partial charge >= 0.3 is 0 Å². The Hall–Kier alpha value is -2.54. The van der Waals surface area contributed by atoms with Gasteiger partial charge in [0.15, 0.2) is 11.0 Å². The van der Waals surface area contributed by atoms with Crippen LogP contribution in [0.15, 0.2) is 47.9 Å². The van der Waals surface area contributed by atoms with Gasteiger partial charge in [0.05, 0.1) is 14.2 Å². The molecule has 0 N–H and O–H groups in total. The first-order valence-corrected chi connectivity index (χ1v) is 6.97. The van der Waals surface area contributed by atoms with E-state index in [1.165, 1.54) is 0 Å². The van der Waals surface area contributed by atoms with Gasteiger partial charge in [-0.15, -0.1) is 22.8 Å². The summed E-state index contributed by atoms with van der Waals surface area (Å²) in [6.07, 6.45) is 3.42. The molecule has 7 heteroatoms. The molecule has 0 amide bonds. The predicted molar refractivity (Wildman–Crippen MR) is 84.9 cm³/mol. The number of ether oxygens (including phenoxy) is 2. The smallest absolute Gasteiger partial charge is 0.193 e. The second kappa shape index (κ2) is 6.07. The predicted octanol–water partition coefficient (Wildman–Crippen LogP) is 2.64. The summed E-state index contributed by atoms with van der Waals surface area (Å²) < 4.78 is 12.7. The zero-order valence-corrected chi connectivity index (χ0v) is 13.0. The Balaban J connectivity index is 2.28. The molecule has 112 valence electrons. The molecule has 0 spiro atoms. The van der Waals surface area contributed by atoms with Crippen LogP contribution in [0.4, 0.5) is 0 Å². The van der Waals surface area contributed by atoms with Gasteiger partial charge in [-0.1, -0.05) is 6.07 Å². The van der Waals surface area contributed by atoms with Gasteiger partial charge in [-0.05, 0) is 24.3 Å². The van der Waals surface area contributed by atoms with Crippen molar-refractivity contribution in [3.8, 4) is 28.6 Å². The average Bonchev–Trinajstić information content (AvgIpc) is 2.96. The summed E-state index contributed by atoms with van der Waals surface area (Å²) in [5, 5.41) is 8.69. The Bertz CT molecular complexity index is 767. The largest absolute Gasteiger partial charge is 0.494 e. The van der Waals surface area contributed by atoms with Gasteiger partial charge in [-0.25, -0.2) is 0 Å². The molecular formula is C15H14N4O2S. The molecule has 0 unspecified atom stereocenters. The minimum absolute atomic E-state index is 0.432. The fourth-order valence-electron chi connectivity index (χ4n) is 2.22. The molecule has 2 heterocycles. The lowest BCUT2D eigenvalue weighted by atomic mass is 10.2. The summed E-state index contributed by atoms with van der Waals surface area (Å²) in [6, 6.07) is 9.29. The zero-order valence-electron chi connectivity index (χ0n) is 12.1. The number of para-hydroxylation sites is 1. The van der Waals surface area contributed by atoms with E-state index in [1.807, 2.05) is 30.3 Å². The Kier molecular flexibility index (Phi) is 3.97. The van der Waals surface area contributed by atoms with E-state index in [2.05, 4.69) is 27.8 Å². The van der Waals surface area contributed by atoms with Crippen LogP contribution in [0.2, 0.25) is 0 Å². The van der Waals surface area contributed by atoms with Crippen LogP contribution in [0.5, 0.6) is 11.5 Å². The molecule has 0 atom stereocenters. The average molecular weight is 314 g/mol. The van der Waals surface area contributed by atoms with Gasteiger partial charge in [-0.2, -0.15) is 0 Å². The highest BCUT2D eigenvalue weighted by molar-refractivity contribution is 7.80. The van der Waals surface area contributed by atoms with Crippen LogP contribution in [0.3, 0.4) is 0 Å². The Morgan fingerprint density at radius 2 is 1.73 bits per heavy atom. The topological polar surface area (TPSA) is 62.1 Å². The van der Waals surface area contributed by atoms with Crippen molar-refractivity contribution in [2.24, 2.45) is 0 Å². The van der Waals surface area contributed by atoms with E-state index in [-0.39, 0.29) is 0 Å². The Labute approximate surface area is 133 Å². The molecule has 6 nitrogen and oxygen atoms in total. The molecule has 0 aliphatic carbocycles. The molecule has 1 aromatic carbocycles. The third-order valence-corrected chi connectivity index (χ3v) is 3.48. The van der Waals surface area contributed by atoms with Crippen molar-refractivity contribution >= 4 is 12.6 Å². The van der Waals surface area contributed by atoms with Crippen LogP contribution in [-0.4, -0.2) is 34.0 Å². The summed E-state index contributed by atoms with van der Waals surface area (Å²) in [7, 11) is 3.20. The van der Waals surface area contributed by atoms with E-state index in [0.717, 1.165) is 5.56 Å². The minimum Gasteiger partial charge on any atom is -0.494 e. The van der Waals surface area contributed by atoms with Crippen LogP contribution in [0, 0.1) is 0 Å². The fraction of sp³-hybridized carbons (Fsp3) is 0.133. The maximum absolute atomic E-state index is 5.45. The SMILES string of the molecule is COc1cccc(OC)c1-n1c(S)nnc1-c1cccnc1. The highest BCUT2D eigenvalue weighted by atomic mass is 32.1. The fourth-order valence-corrected chi connectivity index (χ4v) is 2.46. The quantitative estimate of drug-likeness (QED) is 0.750. The maximum Gasteiger partial charge on any atom is 0.193 e. The first-order valence-electron chi connectivity index (χ1n) is 6.52. The summed E-state index contributed by atoms with van der Waals surface area (Å²) in [6.45, 7) is 0. The summed E-state index contributed by atoms with van der Waals surface area (Å²) in [5.74, 6) is 1.89. The van der Waals surface area contributed by atoms with Crippen LogP contribution < -0.4 is 9.47 Å². The minimum atomic E-state index is 0.432. The van der Waals surface area contributed by atoms with Crippen LogP contribution in [-0.2, 0) is 0 Å². The number of nitrogens with zero attached hydrogens (tertiary/aromatic N) is 4. The molecule has 0 saturated heterocycles. The second-order valence-electron chi connectivity index (χ2n) is 4.41. The van der Waals surface area contributed by atoms with Crippen molar-refractivity contribution in [3.05, 3.63) is 42.7 Å². The number of pyridine rings is 1. The Morgan fingerprint density at radius 1 is 1.00 bits per heavy atom. The van der Waals surface area contributed by atoms with Gasteiger partial charge in [-0.3, -0.25) is 9.55 Å². The highest BCUT2D eigenvalue weighted by Gasteiger charge is 2.20. The van der Waals surface area contributed by atoms with Gasteiger partial charge in [0, 0.05) is 18.0 Å². The first-order chi connectivity index (χ1) is 10.8. The normalized spacial score (nSPS) is 10.5. The molecule has 0 radical (unpaired) electrons. The number of aromatic nitrogens is 4. The van der Waals surface area contributed by atoms with E-state index in [1.54, 1.807) is 31.2 Å². The molecule has 2 aromatic heterocycles. The Morgan fingerprint density at radius 3 is 2.32 bits per heavy atom. The molecule has 0 saturated carbocycles. The standard InChI is InChI=1S/C15H14N4O2S/c1-20-11-6-3-7-12(21-2)13(11)19-14(17-18-15(19)22)10-5-4-8-16-9-10/h3-9H,1-2H3,(H,18,22). The third-order valence-electron chi connectivity index (χ3n) is 3.19. The van der Waals surface area contributed by atoms with Crippen molar-refractivity contribution in [2.75, 3.05) is 14.2 Å². The van der Waals surface area contributed by atoms with Gasteiger partial charge in [0.25, 0.3) is 0 Å². The van der Waals surface area contributed by atoms with Crippen LogP contribution >= 0.6 is 12.6 Å². The van der Waals surface area contributed by atoms with Gasteiger partial charge in [0.1, 0.15) is 17.2 Å². The summed E-state index contributed by atoms with van der Waals surface area (Å²) in [4.78, 5) is 4.12. The lowest BCUT2D eigenvalue weighted by molar-refractivity contribution is 0.390. The summed E-state index contributed by atoms with van der Waals surface area (Å²) in [5.41, 5.74) is 1.52. The third kappa shape index (κ3) is 2.39. The first kappa shape index (κ1) is 14.4. The molecule has 0 bridgehead atoms. The monoisotopic (exact) mass is 314 g/mol. The van der Waals surface area contributed by atoms with Crippen molar-refractivity contribution in [3.63, 3.8) is 0 Å². The molecular weight excluding hydrogens is 300 g/mol. The number of hydrogen-bond donors (Lipinski definition) is 1. The molecule has 0 fully saturated rings. The van der Waals surface area contributed by atoms with Gasteiger partial charge < -0.3 is 9.47 Å². The maximum atomic E-state index is 5.45. The van der Waals surface area contributed by atoms with Crippen LogP contribution in [0.25, 0.3) is 17.1 Å². The highest BCUT2D eigenvalue weighted by Crippen LogP contribution is 2.36. The molecule has 0 aliphatic rings. The number of methoxy groups -OCH3 is 2. The molecule has 22 heavy (non-hydrogen) atoms. The van der Waals surface area contributed by atoms with E-state index < -0.39 is 0 Å². The molecule has 3 rings (SSSR count). The van der Waals surface area contributed by atoms with E-state index in [9.17, 15) is 0 Å².